The van der Waals surface area contributed by atoms with Gasteiger partial charge in [0.25, 0.3) is 0 Å². The Labute approximate surface area is 98.3 Å². The number of thiophene rings is 1. The van der Waals surface area contributed by atoms with E-state index in [0.29, 0.717) is 12.1 Å². The van der Waals surface area contributed by atoms with Crippen LogP contribution >= 0.6 is 11.3 Å². The quantitative estimate of drug-likeness (QED) is 0.824. The Kier molecular flexibility index (Phi) is 2.21. The van der Waals surface area contributed by atoms with Crippen molar-refractivity contribution < 1.29 is 0 Å². The molecule has 4 nitrogen and oxygen atoms in total. The van der Waals surface area contributed by atoms with Gasteiger partial charge in [0.15, 0.2) is 0 Å². The average Bonchev–Trinajstić information content (AvgIpc) is 2.83. The van der Waals surface area contributed by atoms with Crippen molar-refractivity contribution in [3.63, 3.8) is 0 Å². The van der Waals surface area contributed by atoms with Crippen molar-refractivity contribution in [3.05, 3.63) is 28.2 Å². The minimum Gasteiger partial charge on any atom is -0.352 e. The molecule has 0 radical (unpaired) electrons. The van der Waals surface area contributed by atoms with Gasteiger partial charge in [-0.3, -0.25) is 0 Å². The van der Waals surface area contributed by atoms with E-state index in [1.165, 1.54) is 4.88 Å². The SMILES string of the molecule is Cc1nc2n(n1)[C@H](c1cccs1)C[C@@H](C)N2. The molecule has 3 rings (SSSR count). The number of aryl methyl sites for hydroxylation is 1. The monoisotopic (exact) mass is 234 g/mol. The molecule has 2 aromatic heterocycles. The molecule has 1 aliphatic rings. The highest BCUT2D eigenvalue weighted by Gasteiger charge is 2.27. The lowest BCUT2D eigenvalue weighted by Gasteiger charge is -2.28. The van der Waals surface area contributed by atoms with E-state index in [9.17, 15) is 0 Å². The molecule has 84 valence electrons. The zero-order valence-corrected chi connectivity index (χ0v) is 10.2. The van der Waals surface area contributed by atoms with Crippen molar-refractivity contribution in [1.82, 2.24) is 14.8 Å². The van der Waals surface area contributed by atoms with Gasteiger partial charge < -0.3 is 5.32 Å². The maximum Gasteiger partial charge on any atom is 0.222 e. The van der Waals surface area contributed by atoms with Crippen LogP contribution in [0.4, 0.5) is 5.95 Å². The molecule has 0 bridgehead atoms. The van der Waals surface area contributed by atoms with E-state index >= 15 is 0 Å². The Morgan fingerprint density at radius 2 is 2.44 bits per heavy atom. The molecule has 2 aromatic rings. The van der Waals surface area contributed by atoms with Crippen molar-refractivity contribution in [3.8, 4) is 0 Å². The lowest BCUT2D eigenvalue weighted by atomic mass is 10.1. The Balaban J connectivity index is 2.06. The number of hydrogen-bond donors (Lipinski definition) is 1. The molecule has 0 saturated heterocycles. The van der Waals surface area contributed by atoms with E-state index in [1.807, 2.05) is 11.6 Å². The normalized spacial score (nSPS) is 23.9. The molecule has 0 unspecified atom stereocenters. The summed E-state index contributed by atoms with van der Waals surface area (Å²) in [6.07, 6.45) is 1.07. The molecule has 3 heterocycles. The molecule has 2 atom stereocenters. The topological polar surface area (TPSA) is 42.7 Å². The molecule has 0 saturated carbocycles. The van der Waals surface area contributed by atoms with Gasteiger partial charge in [-0.2, -0.15) is 10.1 Å². The molecule has 16 heavy (non-hydrogen) atoms. The first kappa shape index (κ1) is 9.84. The van der Waals surface area contributed by atoms with E-state index in [0.717, 1.165) is 18.2 Å². The van der Waals surface area contributed by atoms with Crippen LogP contribution in [-0.4, -0.2) is 20.8 Å². The maximum absolute atomic E-state index is 4.47. The van der Waals surface area contributed by atoms with Gasteiger partial charge in [-0.25, -0.2) is 4.68 Å². The Morgan fingerprint density at radius 1 is 1.56 bits per heavy atom. The van der Waals surface area contributed by atoms with Gasteiger partial charge in [0.2, 0.25) is 5.95 Å². The highest BCUT2D eigenvalue weighted by molar-refractivity contribution is 7.10. The first-order valence-electron chi connectivity index (χ1n) is 5.47. The highest BCUT2D eigenvalue weighted by Crippen LogP contribution is 2.33. The van der Waals surface area contributed by atoms with Crippen LogP contribution in [0, 0.1) is 6.92 Å². The summed E-state index contributed by atoms with van der Waals surface area (Å²) in [7, 11) is 0. The Morgan fingerprint density at radius 3 is 3.19 bits per heavy atom. The standard InChI is InChI=1S/C11H14N4S/c1-7-6-9(10-4-3-5-16-10)15-11(12-7)13-8(2)14-15/h3-5,7,9H,6H2,1-2H3,(H,12,13,14)/t7-,9+/m1/s1. The predicted octanol–water partition coefficient (Wildman–Crippen LogP) is 2.44. The van der Waals surface area contributed by atoms with Crippen LogP contribution in [0.2, 0.25) is 0 Å². The number of rotatable bonds is 1. The second-order valence-corrected chi connectivity index (χ2v) is 5.22. The van der Waals surface area contributed by atoms with Crippen LogP contribution in [-0.2, 0) is 0 Å². The van der Waals surface area contributed by atoms with Crippen LogP contribution in [0.25, 0.3) is 0 Å². The van der Waals surface area contributed by atoms with E-state index in [-0.39, 0.29) is 0 Å². The minimum absolute atomic E-state index is 0.340. The summed E-state index contributed by atoms with van der Waals surface area (Å²) >= 11 is 1.79. The fraction of sp³-hybridized carbons (Fsp3) is 0.455. The van der Waals surface area contributed by atoms with Crippen molar-refractivity contribution in [2.45, 2.75) is 32.4 Å². The third kappa shape index (κ3) is 1.51. The van der Waals surface area contributed by atoms with E-state index in [2.05, 4.69) is 39.8 Å². The summed E-state index contributed by atoms with van der Waals surface area (Å²) in [6.45, 7) is 4.12. The van der Waals surface area contributed by atoms with Gasteiger partial charge in [0, 0.05) is 10.9 Å². The van der Waals surface area contributed by atoms with Gasteiger partial charge >= 0.3 is 0 Å². The van der Waals surface area contributed by atoms with Gasteiger partial charge in [-0.15, -0.1) is 11.3 Å². The van der Waals surface area contributed by atoms with Crippen molar-refractivity contribution >= 4 is 17.3 Å². The molecule has 0 amide bonds. The predicted molar refractivity (Wildman–Crippen MR) is 64.9 cm³/mol. The van der Waals surface area contributed by atoms with Gasteiger partial charge in [-0.05, 0) is 31.7 Å². The summed E-state index contributed by atoms with van der Waals surface area (Å²) in [4.78, 5) is 5.77. The maximum atomic E-state index is 4.47. The average molecular weight is 234 g/mol. The molecule has 0 fully saturated rings. The fourth-order valence-electron chi connectivity index (χ4n) is 2.18. The molecule has 1 N–H and O–H groups in total. The number of nitrogens with one attached hydrogen (secondary N) is 1. The molecule has 0 aliphatic carbocycles. The zero-order valence-electron chi connectivity index (χ0n) is 9.34. The van der Waals surface area contributed by atoms with Crippen molar-refractivity contribution in [1.29, 1.82) is 0 Å². The van der Waals surface area contributed by atoms with Crippen LogP contribution in [0.1, 0.15) is 30.1 Å². The summed E-state index contributed by atoms with van der Waals surface area (Å²) in [6, 6.07) is 5.06. The largest absolute Gasteiger partial charge is 0.352 e. The number of fused-ring (bicyclic) bond motifs is 1. The fourth-order valence-corrected chi connectivity index (χ4v) is 3.00. The van der Waals surface area contributed by atoms with Crippen LogP contribution in [0.5, 0.6) is 0 Å². The van der Waals surface area contributed by atoms with Crippen LogP contribution in [0.15, 0.2) is 17.5 Å². The molecular formula is C11H14N4S. The van der Waals surface area contributed by atoms with Gasteiger partial charge in [0.05, 0.1) is 6.04 Å². The summed E-state index contributed by atoms with van der Waals surface area (Å²) in [5.41, 5.74) is 0. The Bertz CT molecular complexity index is 488. The van der Waals surface area contributed by atoms with Gasteiger partial charge in [0.1, 0.15) is 5.82 Å². The smallest absolute Gasteiger partial charge is 0.222 e. The summed E-state index contributed by atoms with van der Waals surface area (Å²) < 4.78 is 2.02. The van der Waals surface area contributed by atoms with Crippen LogP contribution < -0.4 is 5.32 Å². The number of anilines is 1. The van der Waals surface area contributed by atoms with E-state index in [1.54, 1.807) is 11.3 Å². The molecular weight excluding hydrogens is 220 g/mol. The van der Waals surface area contributed by atoms with Crippen molar-refractivity contribution in [2.24, 2.45) is 0 Å². The lowest BCUT2D eigenvalue weighted by Crippen LogP contribution is -2.30. The molecule has 5 heteroatoms. The molecule has 0 spiro atoms. The van der Waals surface area contributed by atoms with E-state index in [4.69, 9.17) is 0 Å². The number of aromatic nitrogens is 3. The highest BCUT2D eigenvalue weighted by atomic mass is 32.1. The summed E-state index contributed by atoms with van der Waals surface area (Å²) in [5, 5.41) is 9.96. The molecule has 0 aromatic carbocycles. The summed E-state index contributed by atoms with van der Waals surface area (Å²) in [5.74, 6) is 1.73. The third-order valence-corrected chi connectivity index (χ3v) is 3.83. The van der Waals surface area contributed by atoms with E-state index < -0.39 is 0 Å². The van der Waals surface area contributed by atoms with Gasteiger partial charge in [-0.1, -0.05) is 6.07 Å². The second-order valence-electron chi connectivity index (χ2n) is 4.24. The Hall–Kier alpha value is -1.36. The van der Waals surface area contributed by atoms with Crippen LogP contribution in [0.3, 0.4) is 0 Å². The first-order valence-corrected chi connectivity index (χ1v) is 6.35. The zero-order chi connectivity index (χ0) is 11.1. The first-order chi connectivity index (χ1) is 7.74. The minimum atomic E-state index is 0.340. The number of nitrogens with zero attached hydrogens (tertiary/aromatic N) is 3. The second kappa shape index (κ2) is 3.59. The third-order valence-electron chi connectivity index (χ3n) is 2.86. The number of hydrogen-bond acceptors (Lipinski definition) is 4. The lowest BCUT2D eigenvalue weighted by molar-refractivity contribution is 0.442. The van der Waals surface area contributed by atoms with Crippen molar-refractivity contribution in [2.75, 3.05) is 5.32 Å². The molecule has 1 aliphatic heterocycles.